The third kappa shape index (κ3) is 3.21. The molecule has 2 heterocycles. The van der Waals surface area contributed by atoms with Crippen LogP contribution in [-0.4, -0.2) is 32.8 Å². The van der Waals surface area contributed by atoms with Gasteiger partial charge in [-0.3, -0.25) is 4.79 Å². The molecule has 0 radical (unpaired) electrons. The third-order valence-electron chi connectivity index (χ3n) is 4.81. The topological polar surface area (TPSA) is 51.0 Å². The normalized spacial score (nSPS) is 18.0. The van der Waals surface area contributed by atoms with Gasteiger partial charge in [-0.1, -0.05) is 49.9 Å². The molecule has 0 aliphatic carbocycles. The first-order valence-corrected chi connectivity index (χ1v) is 9.49. The van der Waals surface area contributed by atoms with E-state index >= 15 is 0 Å². The second-order valence-electron chi connectivity index (χ2n) is 6.95. The average molecular weight is 369 g/mol. The van der Waals surface area contributed by atoms with Crippen molar-refractivity contribution >= 4 is 23.2 Å². The fourth-order valence-corrected chi connectivity index (χ4v) is 4.18. The first kappa shape index (κ1) is 18.5. The summed E-state index contributed by atoms with van der Waals surface area (Å²) in [4.78, 5) is 15.0. The van der Waals surface area contributed by atoms with Gasteiger partial charge in [-0.05, 0) is 18.6 Å². The first-order valence-electron chi connectivity index (χ1n) is 8.61. The van der Waals surface area contributed by atoms with Crippen molar-refractivity contribution in [2.24, 2.45) is 0 Å². The molecule has 6 heteroatoms. The van der Waals surface area contributed by atoms with E-state index in [2.05, 4.69) is 47.7 Å². The molecule has 0 N–H and O–H groups in total. The Labute approximate surface area is 158 Å². The Bertz CT molecular complexity index is 868. The van der Waals surface area contributed by atoms with Crippen LogP contribution in [0.1, 0.15) is 26.3 Å². The predicted molar refractivity (Wildman–Crippen MR) is 106 cm³/mol. The third-order valence-corrected chi connectivity index (χ3v) is 5.92. The van der Waals surface area contributed by atoms with E-state index in [0.29, 0.717) is 6.54 Å². The van der Waals surface area contributed by atoms with Crippen molar-refractivity contribution in [2.75, 3.05) is 11.9 Å². The van der Waals surface area contributed by atoms with Crippen LogP contribution in [-0.2, 0) is 16.8 Å². The number of nitrogens with zero attached hydrogens (tertiary/aromatic N) is 4. The second-order valence-corrected chi connectivity index (χ2v) is 8.26. The van der Waals surface area contributed by atoms with Gasteiger partial charge < -0.3 is 9.47 Å². The number of carbonyl (C=O) groups excluding carboxylic acids is 1. The quantitative estimate of drug-likeness (QED) is 0.441. The first-order chi connectivity index (χ1) is 12.4. The molecule has 136 valence electrons. The van der Waals surface area contributed by atoms with Crippen LogP contribution < -0.4 is 4.90 Å². The lowest BCUT2D eigenvalue weighted by atomic mass is 9.83. The number of para-hydroxylation sites is 1. The van der Waals surface area contributed by atoms with E-state index in [1.165, 1.54) is 17.3 Å². The summed E-state index contributed by atoms with van der Waals surface area (Å²) >= 11 is 1.42. The minimum atomic E-state index is -0.247. The summed E-state index contributed by atoms with van der Waals surface area (Å²) in [5.74, 6) is 0.0749. The van der Waals surface area contributed by atoms with Crippen molar-refractivity contribution in [2.45, 2.75) is 43.1 Å². The van der Waals surface area contributed by atoms with E-state index in [1.54, 1.807) is 18.5 Å². The lowest BCUT2D eigenvalue weighted by Gasteiger charge is -2.24. The standard InChI is InChI=1S/C20H24N4OS/c1-6-11-24-13-21-22-19(24)26-14(2)17(25)12-18-20(3,4)15-9-7-8-10-16(15)23(18)5/h6-10,12-14H,1,11H2,2-5H3/b18-12-. The van der Waals surface area contributed by atoms with Crippen LogP contribution in [0.15, 0.2) is 60.2 Å². The van der Waals surface area contributed by atoms with Gasteiger partial charge in [-0.2, -0.15) is 0 Å². The maximum absolute atomic E-state index is 12.9. The van der Waals surface area contributed by atoms with E-state index in [9.17, 15) is 4.79 Å². The van der Waals surface area contributed by atoms with Crippen LogP contribution >= 0.6 is 11.8 Å². The van der Waals surface area contributed by atoms with E-state index in [0.717, 1.165) is 16.5 Å². The molecule has 0 fully saturated rings. The second kappa shape index (κ2) is 7.11. The zero-order valence-corrected chi connectivity index (χ0v) is 16.5. The van der Waals surface area contributed by atoms with Crippen LogP contribution in [0, 0.1) is 0 Å². The molecule has 1 aliphatic heterocycles. The van der Waals surface area contributed by atoms with Crippen LogP contribution in [0.2, 0.25) is 0 Å². The minimum Gasteiger partial charge on any atom is -0.347 e. The number of thioether (sulfide) groups is 1. The predicted octanol–water partition coefficient (Wildman–Crippen LogP) is 3.83. The van der Waals surface area contributed by atoms with Gasteiger partial charge in [0.05, 0.1) is 5.25 Å². The number of likely N-dealkylation sites (N-methyl/N-ethyl adjacent to an activating group) is 1. The summed E-state index contributed by atoms with van der Waals surface area (Å²) in [5, 5.41) is 8.52. The molecular formula is C20H24N4OS. The van der Waals surface area contributed by atoms with Gasteiger partial charge in [-0.25, -0.2) is 0 Å². The molecule has 26 heavy (non-hydrogen) atoms. The Morgan fingerprint density at radius 1 is 1.38 bits per heavy atom. The number of benzene rings is 1. The SMILES string of the molecule is C=CCn1cnnc1SC(C)C(=O)/C=C1\N(C)c2ccccc2C1(C)C. The molecular weight excluding hydrogens is 344 g/mol. The number of ketones is 1. The van der Waals surface area contributed by atoms with Crippen LogP contribution in [0.25, 0.3) is 0 Å². The Balaban J connectivity index is 1.82. The number of rotatable bonds is 6. The summed E-state index contributed by atoms with van der Waals surface area (Å²) in [6, 6.07) is 8.30. The summed E-state index contributed by atoms with van der Waals surface area (Å²) in [5.41, 5.74) is 3.22. The molecule has 5 nitrogen and oxygen atoms in total. The van der Waals surface area contributed by atoms with Gasteiger partial charge in [0.15, 0.2) is 10.9 Å². The highest BCUT2D eigenvalue weighted by Gasteiger charge is 2.38. The number of allylic oxidation sites excluding steroid dienone is 3. The van der Waals surface area contributed by atoms with Crippen LogP contribution in [0.5, 0.6) is 0 Å². The molecule has 0 bridgehead atoms. The fraction of sp³-hybridized carbons (Fsp3) is 0.350. The summed E-state index contributed by atoms with van der Waals surface area (Å²) in [6.45, 7) is 10.6. The number of hydrogen-bond donors (Lipinski definition) is 0. The monoisotopic (exact) mass is 368 g/mol. The van der Waals surface area contributed by atoms with Gasteiger partial charge in [0.1, 0.15) is 6.33 Å². The highest BCUT2D eigenvalue weighted by atomic mass is 32.2. The van der Waals surface area contributed by atoms with Gasteiger partial charge in [0, 0.05) is 36.5 Å². The van der Waals surface area contributed by atoms with Crippen molar-refractivity contribution < 1.29 is 4.79 Å². The molecule has 1 aromatic carbocycles. The Hall–Kier alpha value is -2.34. The number of fused-ring (bicyclic) bond motifs is 1. The molecule has 1 atom stereocenters. The highest BCUT2D eigenvalue weighted by Crippen LogP contribution is 2.46. The highest BCUT2D eigenvalue weighted by molar-refractivity contribution is 8.00. The van der Waals surface area contributed by atoms with Gasteiger partial charge in [-0.15, -0.1) is 16.8 Å². The van der Waals surface area contributed by atoms with Crippen molar-refractivity contribution in [1.82, 2.24) is 14.8 Å². The molecule has 1 unspecified atom stereocenters. The lowest BCUT2D eigenvalue weighted by Crippen LogP contribution is -2.25. The van der Waals surface area contributed by atoms with Crippen LogP contribution in [0.3, 0.4) is 0 Å². The number of hydrogen-bond acceptors (Lipinski definition) is 5. The van der Waals surface area contributed by atoms with Crippen molar-refractivity contribution in [1.29, 1.82) is 0 Å². The summed E-state index contributed by atoms with van der Waals surface area (Å²) in [6.07, 6.45) is 5.23. The van der Waals surface area contributed by atoms with E-state index in [-0.39, 0.29) is 16.4 Å². The van der Waals surface area contributed by atoms with Crippen molar-refractivity contribution in [3.63, 3.8) is 0 Å². The van der Waals surface area contributed by atoms with E-state index < -0.39 is 0 Å². The average Bonchev–Trinajstić information content (AvgIpc) is 3.12. The molecule has 0 saturated carbocycles. The van der Waals surface area contributed by atoms with Crippen molar-refractivity contribution in [3.8, 4) is 0 Å². The van der Waals surface area contributed by atoms with Crippen LogP contribution in [0.4, 0.5) is 5.69 Å². The zero-order valence-electron chi connectivity index (χ0n) is 15.6. The molecule has 0 amide bonds. The van der Waals surface area contributed by atoms with Gasteiger partial charge in [0.2, 0.25) is 0 Å². The van der Waals surface area contributed by atoms with E-state index in [4.69, 9.17) is 0 Å². The summed E-state index contributed by atoms with van der Waals surface area (Å²) < 4.78 is 1.88. The fourth-order valence-electron chi connectivity index (χ4n) is 3.33. The molecule has 1 aliphatic rings. The summed E-state index contributed by atoms with van der Waals surface area (Å²) in [7, 11) is 2.02. The Kier molecular flexibility index (Phi) is 5.05. The molecule has 0 saturated heterocycles. The van der Waals surface area contributed by atoms with Gasteiger partial charge >= 0.3 is 0 Å². The maximum Gasteiger partial charge on any atom is 0.191 e. The molecule has 3 rings (SSSR count). The number of carbonyl (C=O) groups is 1. The molecule has 2 aromatic rings. The molecule has 1 aromatic heterocycles. The Morgan fingerprint density at radius 2 is 2.12 bits per heavy atom. The Morgan fingerprint density at radius 3 is 2.81 bits per heavy atom. The lowest BCUT2D eigenvalue weighted by molar-refractivity contribution is -0.114. The maximum atomic E-state index is 12.9. The van der Waals surface area contributed by atoms with Crippen molar-refractivity contribution in [3.05, 3.63) is 60.6 Å². The zero-order chi connectivity index (χ0) is 18.9. The van der Waals surface area contributed by atoms with E-state index in [1.807, 2.05) is 30.7 Å². The number of aromatic nitrogens is 3. The smallest absolute Gasteiger partial charge is 0.191 e. The number of anilines is 1. The largest absolute Gasteiger partial charge is 0.347 e. The molecule has 0 spiro atoms. The van der Waals surface area contributed by atoms with Gasteiger partial charge in [0.25, 0.3) is 0 Å². The minimum absolute atomic E-state index is 0.0749.